The van der Waals surface area contributed by atoms with Gasteiger partial charge < -0.3 is 13.3 Å². The van der Waals surface area contributed by atoms with Gasteiger partial charge in [0.15, 0.2) is 0 Å². The molecular formula is C8H15NO3Si. The van der Waals surface area contributed by atoms with E-state index >= 15 is 0 Å². The van der Waals surface area contributed by atoms with Crippen LogP contribution in [0.5, 0.6) is 0 Å². The van der Waals surface area contributed by atoms with Crippen LogP contribution in [0.3, 0.4) is 0 Å². The van der Waals surface area contributed by atoms with Crippen LogP contribution in [0.1, 0.15) is 0 Å². The molecule has 0 saturated carbocycles. The number of hydrogen-bond donors (Lipinski definition) is 0. The first-order chi connectivity index (χ1) is 6.35. The molecule has 1 heterocycles. The van der Waals surface area contributed by atoms with E-state index in [0.717, 1.165) is 0 Å². The summed E-state index contributed by atoms with van der Waals surface area (Å²) in [4.78, 5) is 3.78. The lowest BCUT2D eigenvalue weighted by molar-refractivity contribution is 0.163. The lowest BCUT2D eigenvalue weighted by atomic mass is 10.5. The Morgan fingerprint density at radius 3 is 1.38 bits per heavy atom. The van der Waals surface area contributed by atoms with E-state index in [4.69, 9.17) is 13.3 Å². The summed E-state index contributed by atoms with van der Waals surface area (Å²) in [6, 6.07) is 5.72. The van der Waals surface area contributed by atoms with Crippen molar-refractivity contribution < 1.29 is 13.3 Å². The number of pyridine rings is 1. The smallest absolute Gasteiger partial charge is 0.379 e. The van der Waals surface area contributed by atoms with Crippen molar-refractivity contribution in [3.63, 3.8) is 0 Å². The van der Waals surface area contributed by atoms with Crippen molar-refractivity contribution in [2.24, 2.45) is 0 Å². The maximum atomic E-state index is 4.74. The number of rotatable bonds is 3. The van der Waals surface area contributed by atoms with Gasteiger partial charge in [0.05, 0.1) is 0 Å². The zero-order valence-corrected chi connectivity index (χ0v) is 9.29. The maximum absolute atomic E-state index is 4.74. The Morgan fingerprint density at radius 1 is 0.846 bits per heavy atom. The van der Waals surface area contributed by atoms with Gasteiger partial charge in [-0.3, -0.25) is 4.98 Å². The van der Waals surface area contributed by atoms with E-state index in [0.29, 0.717) is 0 Å². The number of aromatic nitrogens is 1. The summed E-state index contributed by atoms with van der Waals surface area (Å²) in [6.07, 6.45) is 3.50. The largest absolute Gasteiger partial charge is 0.483 e. The fraction of sp³-hybridized carbons (Fsp3) is 0.375. The predicted octanol–water partition coefficient (Wildman–Crippen LogP) is 0.724. The fourth-order valence-corrected chi connectivity index (χ4v) is 1.18. The molecule has 1 aromatic heterocycles. The first kappa shape index (κ1) is 12.2. The first-order valence-corrected chi connectivity index (χ1v) is 5.20. The van der Waals surface area contributed by atoms with Crippen molar-refractivity contribution >= 4 is 9.53 Å². The van der Waals surface area contributed by atoms with Crippen LogP contribution in [0.4, 0.5) is 0 Å². The van der Waals surface area contributed by atoms with Crippen LogP contribution < -0.4 is 0 Å². The third kappa shape index (κ3) is 7.60. The molecular weight excluding hydrogens is 186 g/mol. The van der Waals surface area contributed by atoms with Crippen molar-refractivity contribution in [1.29, 1.82) is 0 Å². The molecule has 1 aromatic rings. The van der Waals surface area contributed by atoms with Gasteiger partial charge in [-0.2, -0.15) is 0 Å². The molecule has 0 aliphatic heterocycles. The average molecular weight is 201 g/mol. The van der Waals surface area contributed by atoms with E-state index in [1.165, 1.54) is 0 Å². The Kier molecular flexibility index (Phi) is 8.79. The number of nitrogens with zero attached hydrogens (tertiary/aromatic N) is 1. The standard InChI is InChI=1S/C5H5N.C3H10O3Si/c1-2-4-6-5-3-1;1-4-7(5-2)6-3/h1-5H;7H,1-3H3. The highest BCUT2D eigenvalue weighted by Crippen LogP contribution is 1.81. The van der Waals surface area contributed by atoms with Crippen LogP contribution in [-0.2, 0) is 13.3 Å². The Hall–Kier alpha value is -0.753. The summed E-state index contributed by atoms with van der Waals surface area (Å²) < 4.78 is 14.2. The SMILES string of the molecule is CO[SiH](OC)OC.c1ccncc1. The van der Waals surface area contributed by atoms with Gasteiger partial charge in [-0.25, -0.2) is 0 Å². The molecule has 0 atom stereocenters. The van der Waals surface area contributed by atoms with Crippen LogP contribution in [0, 0.1) is 0 Å². The normalized spacial score (nSPS) is 9.23. The van der Waals surface area contributed by atoms with Crippen molar-refractivity contribution in [3.05, 3.63) is 30.6 Å². The minimum atomic E-state index is -1.67. The maximum Gasteiger partial charge on any atom is 0.483 e. The van der Waals surface area contributed by atoms with Crippen molar-refractivity contribution in [3.8, 4) is 0 Å². The monoisotopic (exact) mass is 201 g/mol. The Morgan fingerprint density at radius 2 is 1.31 bits per heavy atom. The predicted molar refractivity (Wildman–Crippen MR) is 52.4 cm³/mol. The Balaban J connectivity index is 0.000000223. The van der Waals surface area contributed by atoms with Gasteiger partial charge in [0.2, 0.25) is 0 Å². The fourth-order valence-electron chi connectivity index (χ4n) is 0.601. The van der Waals surface area contributed by atoms with Crippen molar-refractivity contribution in [2.75, 3.05) is 21.3 Å². The van der Waals surface area contributed by atoms with E-state index in [2.05, 4.69) is 4.98 Å². The van der Waals surface area contributed by atoms with Crippen LogP contribution in [0.25, 0.3) is 0 Å². The van der Waals surface area contributed by atoms with Crippen LogP contribution in [0.2, 0.25) is 0 Å². The van der Waals surface area contributed by atoms with E-state index in [-0.39, 0.29) is 0 Å². The third-order valence-corrected chi connectivity index (χ3v) is 2.30. The molecule has 0 aliphatic carbocycles. The highest BCUT2D eigenvalue weighted by molar-refractivity contribution is 6.36. The Bertz CT molecular complexity index is 150. The van der Waals surface area contributed by atoms with E-state index in [1.54, 1.807) is 33.7 Å². The molecule has 0 unspecified atom stereocenters. The molecule has 0 amide bonds. The quantitative estimate of drug-likeness (QED) is 0.676. The van der Waals surface area contributed by atoms with Crippen LogP contribution in [-0.4, -0.2) is 35.8 Å². The lowest BCUT2D eigenvalue weighted by Crippen LogP contribution is -2.21. The zero-order chi connectivity index (χ0) is 9.94. The Labute approximate surface area is 80.4 Å². The molecule has 1 rings (SSSR count). The molecule has 0 spiro atoms. The van der Waals surface area contributed by atoms with Gasteiger partial charge in [-0.05, 0) is 12.1 Å². The van der Waals surface area contributed by atoms with Crippen molar-refractivity contribution in [2.45, 2.75) is 0 Å². The summed E-state index contributed by atoms with van der Waals surface area (Å²) >= 11 is 0. The molecule has 0 radical (unpaired) electrons. The highest BCUT2D eigenvalue weighted by atomic mass is 28.3. The summed E-state index contributed by atoms with van der Waals surface area (Å²) in [7, 11) is 3.05. The lowest BCUT2D eigenvalue weighted by Gasteiger charge is -2.05. The van der Waals surface area contributed by atoms with Crippen LogP contribution in [0.15, 0.2) is 30.6 Å². The van der Waals surface area contributed by atoms with Gasteiger partial charge >= 0.3 is 9.53 Å². The highest BCUT2D eigenvalue weighted by Gasteiger charge is 2.04. The molecule has 13 heavy (non-hydrogen) atoms. The molecule has 0 aromatic carbocycles. The first-order valence-electron chi connectivity index (χ1n) is 3.78. The molecule has 4 nitrogen and oxygen atoms in total. The second-order valence-electron chi connectivity index (χ2n) is 2.02. The number of hydrogen-bond acceptors (Lipinski definition) is 4. The summed E-state index contributed by atoms with van der Waals surface area (Å²) in [6.45, 7) is 0. The molecule has 5 heteroatoms. The molecule has 0 aliphatic rings. The van der Waals surface area contributed by atoms with E-state index in [1.807, 2.05) is 18.2 Å². The van der Waals surface area contributed by atoms with Gasteiger partial charge in [0.25, 0.3) is 0 Å². The second kappa shape index (κ2) is 9.34. The summed E-state index contributed by atoms with van der Waals surface area (Å²) in [5, 5.41) is 0. The zero-order valence-electron chi connectivity index (χ0n) is 8.14. The van der Waals surface area contributed by atoms with Gasteiger partial charge in [0.1, 0.15) is 0 Å². The van der Waals surface area contributed by atoms with E-state index < -0.39 is 9.53 Å². The van der Waals surface area contributed by atoms with Gasteiger partial charge in [-0.1, -0.05) is 6.07 Å². The van der Waals surface area contributed by atoms with Gasteiger partial charge in [-0.15, -0.1) is 0 Å². The summed E-state index contributed by atoms with van der Waals surface area (Å²) in [5.74, 6) is 0. The van der Waals surface area contributed by atoms with E-state index in [9.17, 15) is 0 Å². The molecule has 74 valence electrons. The third-order valence-electron chi connectivity index (χ3n) is 1.14. The van der Waals surface area contributed by atoms with Crippen molar-refractivity contribution in [1.82, 2.24) is 4.98 Å². The topological polar surface area (TPSA) is 40.6 Å². The average Bonchev–Trinajstić information content (AvgIpc) is 2.24. The van der Waals surface area contributed by atoms with Crippen LogP contribution >= 0.6 is 0 Å². The molecule has 0 N–H and O–H groups in total. The molecule has 0 fully saturated rings. The summed E-state index contributed by atoms with van der Waals surface area (Å²) in [5.41, 5.74) is 0. The molecule has 0 saturated heterocycles. The minimum absolute atomic E-state index is 1.57. The second-order valence-corrected chi connectivity index (χ2v) is 4.01. The van der Waals surface area contributed by atoms with Gasteiger partial charge in [0, 0.05) is 33.7 Å². The minimum Gasteiger partial charge on any atom is -0.379 e. The molecule has 0 bridgehead atoms.